The van der Waals surface area contributed by atoms with Gasteiger partial charge in [0.1, 0.15) is 0 Å². The van der Waals surface area contributed by atoms with Crippen LogP contribution in [0.5, 0.6) is 0 Å². The van der Waals surface area contributed by atoms with E-state index in [1.807, 2.05) is 0 Å². The molecule has 0 unspecified atom stereocenters. The fourth-order valence-electron chi connectivity index (χ4n) is 2.67. The summed E-state index contributed by atoms with van der Waals surface area (Å²) in [4.78, 5) is 12.5. The van der Waals surface area contributed by atoms with E-state index in [-0.39, 0.29) is 35.3 Å². The summed E-state index contributed by atoms with van der Waals surface area (Å²) in [5, 5.41) is 2.96. The Labute approximate surface area is 138 Å². The lowest BCUT2D eigenvalue weighted by Gasteiger charge is -2.26. The van der Waals surface area contributed by atoms with Crippen LogP contribution in [0.1, 0.15) is 41.6 Å². The highest BCUT2D eigenvalue weighted by molar-refractivity contribution is 7.90. The summed E-state index contributed by atoms with van der Waals surface area (Å²) < 4.78 is 23.4. The summed E-state index contributed by atoms with van der Waals surface area (Å²) in [6.07, 6.45) is 4.72. The van der Waals surface area contributed by atoms with E-state index in [1.54, 1.807) is 19.1 Å². The van der Waals surface area contributed by atoms with Crippen LogP contribution in [0.3, 0.4) is 0 Å². The van der Waals surface area contributed by atoms with Crippen LogP contribution in [0.15, 0.2) is 23.1 Å². The van der Waals surface area contributed by atoms with Gasteiger partial charge in [-0.2, -0.15) is 0 Å². The minimum Gasteiger partial charge on any atom is -0.349 e. The van der Waals surface area contributed by atoms with Crippen LogP contribution in [0, 0.1) is 6.92 Å². The minimum absolute atomic E-state index is 0. The van der Waals surface area contributed by atoms with Crippen molar-refractivity contribution < 1.29 is 13.2 Å². The lowest BCUT2D eigenvalue weighted by molar-refractivity contribution is 0.0925. The highest BCUT2D eigenvalue weighted by Crippen LogP contribution is 2.19. The molecule has 2 rings (SSSR count). The minimum atomic E-state index is -3.33. The lowest BCUT2D eigenvalue weighted by Crippen LogP contribution is -2.40. The molecule has 1 aromatic carbocycles. The zero-order valence-electron chi connectivity index (χ0n) is 12.8. The topological polar surface area (TPSA) is 89.3 Å². The SMILES string of the molecule is Cc1ccc(C(=O)NC2CCC(N)CC2)cc1S(C)(=O)=O.Cl. The molecule has 1 fully saturated rings. The zero-order valence-corrected chi connectivity index (χ0v) is 14.5. The van der Waals surface area contributed by atoms with Crippen LogP contribution < -0.4 is 11.1 Å². The molecule has 1 amide bonds. The number of aryl methyl sites for hydroxylation is 1. The Hall–Kier alpha value is -1.11. The van der Waals surface area contributed by atoms with Crippen LogP contribution in [0.2, 0.25) is 0 Å². The third-order valence-corrected chi connectivity index (χ3v) is 5.20. The summed E-state index contributed by atoms with van der Waals surface area (Å²) in [7, 11) is -3.33. The number of nitrogens with two attached hydrogens (primary N) is 1. The Kier molecular flexibility index (Phi) is 6.40. The average molecular weight is 347 g/mol. The van der Waals surface area contributed by atoms with Gasteiger partial charge in [0, 0.05) is 23.9 Å². The van der Waals surface area contributed by atoms with E-state index in [2.05, 4.69) is 5.32 Å². The Morgan fingerprint density at radius 1 is 1.23 bits per heavy atom. The molecule has 3 N–H and O–H groups in total. The summed E-state index contributed by atoms with van der Waals surface area (Å²) in [6, 6.07) is 5.14. The van der Waals surface area contributed by atoms with Gasteiger partial charge in [-0.25, -0.2) is 8.42 Å². The van der Waals surface area contributed by atoms with E-state index in [9.17, 15) is 13.2 Å². The maximum atomic E-state index is 12.2. The summed E-state index contributed by atoms with van der Waals surface area (Å²) in [5.74, 6) is -0.222. The quantitative estimate of drug-likeness (QED) is 0.873. The van der Waals surface area contributed by atoms with E-state index < -0.39 is 9.84 Å². The molecule has 7 heteroatoms. The molecular weight excluding hydrogens is 324 g/mol. The number of nitrogens with one attached hydrogen (secondary N) is 1. The summed E-state index contributed by atoms with van der Waals surface area (Å²) in [6.45, 7) is 1.72. The number of sulfone groups is 1. The number of hydrogen-bond donors (Lipinski definition) is 2. The van der Waals surface area contributed by atoms with Crippen LogP contribution in [0.25, 0.3) is 0 Å². The van der Waals surface area contributed by atoms with Gasteiger partial charge in [-0.15, -0.1) is 12.4 Å². The molecule has 0 spiro atoms. The van der Waals surface area contributed by atoms with E-state index in [1.165, 1.54) is 6.07 Å². The Bertz CT molecular complexity index is 638. The van der Waals surface area contributed by atoms with Crippen LogP contribution in [-0.2, 0) is 9.84 Å². The maximum absolute atomic E-state index is 12.2. The number of amides is 1. The molecule has 0 heterocycles. The molecule has 0 bridgehead atoms. The Morgan fingerprint density at radius 2 is 1.82 bits per heavy atom. The smallest absolute Gasteiger partial charge is 0.251 e. The summed E-state index contributed by atoms with van der Waals surface area (Å²) in [5.41, 5.74) is 6.88. The van der Waals surface area contributed by atoms with Gasteiger partial charge in [-0.3, -0.25) is 4.79 Å². The second-order valence-corrected chi connectivity index (χ2v) is 7.82. The van der Waals surface area contributed by atoms with Gasteiger partial charge in [0.05, 0.1) is 4.90 Å². The molecular formula is C15H23ClN2O3S. The van der Waals surface area contributed by atoms with Crippen LogP contribution in [0.4, 0.5) is 0 Å². The Morgan fingerprint density at radius 3 is 2.36 bits per heavy atom. The number of rotatable bonds is 3. The first-order chi connectivity index (χ1) is 9.77. The fraction of sp³-hybridized carbons (Fsp3) is 0.533. The number of carbonyl (C=O) groups excluding carboxylic acids is 1. The van der Waals surface area contributed by atoms with Crippen molar-refractivity contribution in [3.05, 3.63) is 29.3 Å². The van der Waals surface area contributed by atoms with Gasteiger partial charge >= 0.3 is 0 Å². The van der Waals surface area contributed by atoms with Crippen molar-refractivity contribution in [1.82, 2.24) is 5.32 Å². The van der Waals surface area contributed by atoms with Gasteiger partial charge in [0.2, 0.25) is 0 Å². The van der Waals surface area contributed by atoms with E-state index in [4.69, 9.17) is 5.73 Å². The predicted molar refractivity (Wildman–Crippen MR) is 89.2 cm³/mol. The molecule has 0 aliphatic heterocycles. The van der Waals surface area contributed by atoms with Crippen LogP contribution >= 0.6 is 12.4 Å². The molecule has 1 aliphatic carbocycles. The van der Waals surface area contributed by atoms with Crippen molar-refractivity contribution in [3.8, 4) is 0 Å². The largest absolute Gasteiger partial charge is 0.349 e. The predicted octanol–water partition coefficient (Wildman–Crippen LogP) is 1.82. The second-order valence-electron chi connectivity index (χ2n) is 5.84. The second kappa shape index (κ2) is 7.44. The van der Waals surface area contributed by atoms with Gasteiger partial charge in [-0.05, 0) is 50.3 Å². The molecule has 1 aliphatic rings. The molecule has 1 saturated carbocycles. The van der Waals surface area contributed by atoms with Crippen molar-refractivity contribution in [2.45, 2.75) is 49.6 Å². The zero-order chi connectivity index (χ0) is 15.6. The third-order valence-electron chi connectivity index (χ3n) is 3.96. The standard InChI is InChI=1S/C15H22N2O3S.ClH/c1-10-3-4-11(9-14(10)21(2,19)20)15(18)17-13-7-5-12(16)6-8-13;/h3-4,9,12-13H,5-8,16H2,1-2H3,(H,17,18);1H. The van der Waals surface area contributed by atoms with E-state index >= 15 is 0 Å². The van der Waals surface area contributed by atoms with Gasteiger partial charge in [0.25, 0.3) is 5.91 Å². The maximum Gasteiger partial charge on any atom is 0.251 e. The highest BCUT2D eigenvalue weighted by Gasteiger charge is 2.21. The van der Waals surface area contributed by atoms with E-state index in [0.29, 0.717) is 11.1 Å². The normalized spacial score (nSPS) is 21.8. The number of benzene rings is 1. The van der Waals surface area contributed by atoms with Gasteiger partial charge < -0.3 is 11.1 Å². The van der Waals surface area contributed by atoms with Crippen molar-refractivity contribution in [2.24, 2.45) is 5.73 Å². The first kappa shape index (κ1) is 18.9. The fourth-order valence-corrected chi connectivity index (χ4v) is 3.67. The van der Waals surface area contributed by atoms with Crippen molar-refractivity contribution in [3.63, 3.8) is 0 Å². The molecule has 0 radical (unpaired) electrons. The Balaban J connectivity index is 0.00000242. The van der Waals surface area contributed by atoms with Crippen molar-refractivity contribution in [1.29, 1.82) is 0 Å². The third kappa shape index (κ3) is 4.69. The number of carbonyl (C=O) groups is 1. The molecule has 0 saturated heterocycles. The van der Waals surface area contributed by atoms with Gasteiger partial charge in [0.15, 0.2) is 9.84 Å². The molecule has 5 nitrogen and oxygen atoms in total. The van der Waals surface area contributed by atoms with Crippen molar-refractivity contribution in [2.75, 3.05) is 6.26 Å². The number of halogens is 1. The molecule has 0 aromatic heterocycles. The van der Waals surface area contributed by atoms with E-state index in [0.717, 1.165) is 31.9 Å². The molecule has 1 aromatic rings. The first-order valence-electron chi connectivity index (χ1n) is 7.14. The molecule has 22 heavy (non-hydrogen) atoms. The summed E-state index contributed by atoms with van der Waals surface area (Å²) >= 11 is 0. The average Bonchev–Trinajstić information content (AvgIpc) is 2.40. The molecule has 0 atom stereocenters. The first-order valence-corrected chi connectivity index (χ1v) is 9.03. The van der Waals surface area contributed by atoms with Crippen molar-refractivity contribution >= 4 is 28.2 Å². The lowest BCUT2D eigenvalue weighted by atomic mass is 9.91. The van der Waals surface area contributed by atoms with Crippen LogP contribution in [-0.4, -0.2) is 32.7 Å². The van der Waals surface area contributed by atoms with Gasteiger partial charge in [-0.1, -0.05) is 6.07 Å². The highest BCUT2D eigenvalue weighted by atomic mass is 35.5. The number of hydrogen-bond acceptors (Lipinski definition) is 4. The monoisotopic (exact) mass is 346 g/mol. The molecule has 124 valence electrons.